The molecule has 2 rings (SSSR count). The molecule has 1 saturated heterocycles. The van der Waals surface area contributed by atoms with E-state index < -0.39 is 23.3 Å². The van der Waals surface area contributed by atoms with Crippen LogP contribution in [0.15, 0.2) is 18.2 Å². The summed E-state index contributed by atoms with van der Waals surface area (Å²) in [5.74, 6) is -2.01. The van der Waals surface area contributed by atoms with Crippen molar-refractivity contribution >= 4 is 29.3 Å². The highest BCUT2D eigenvalue weighted by Gasteiger charge is 2.44. The summed E-state index contributed by atoms with van der Waals surface area (Å²) in [6.45, 7) is 2.78. The molecule has 2 N–H and O–H groups in total. The number of phenolic OH excluding ortho intramolecular Hbond substituents is 1. The van der Waals surface area contributed by atoms with E-state index in [9.17, 15) is 19.5 Å². The second-order valence-electron chi connectivity index (χ2n) is 4.99. The van der Waals surface area contributed by atoms with Crippen LogP contribution >= 0.6 is 11.6 Å². The van der Waals surface area contributed by atoms with Crippen molar-refractivity contribution in [2.45, 2.75) is 19.4 Å². The topological polar surface area (TPSA) is 86.7 Å². The average molecular weight is 297 g/mol. The molecule has 106 valence electrons. The zero-order valence-corrected chi connectivity index (χ0v) is 11.7. The number of benzene rings is 1. The molecule has 1 aliphatic heterocycles. The number of rotatable bonds is 1. The van der Waals surface area contributed by atoms with Crippen molar-refractivity contribution in [3.63, 3.8) is 0 Å². The van der Waals surface area contributed by atoms with Crippen LogP contribution in [-0.2, 0) is 9.59 Å². The molecule has 1 aliphatic rings. The smallest absolute Gasteiger partial charge is 0.259 e. The lowest BCUT2D eigenvalue weighted by Crippen LogP contribution is -2.65. The molecule has 0 bridgehead atoms. The average Bonchev–Trinajstić information content (AvgIpc) is 2.36. The summed E-state index contributed by atoms with van der Waals surface area (Å²) in [5, 5.41) is 12.2. The lowest BCUT2D eigenvalue weighted by molar-refractivity contribution is -0.143. The minimum Gasteiger partial charge on any atom is -0.507 e. The van der Waals surface area contributed by atoms with E-state index in [0.717, 1.165) is 4.90 Å². The van der Waals surface area contributed by atoms with Crippen molar-refractivity contribution in [2.75, 3.05) is 6.54 Å². The molecule has 3 amide bonds. The molecule has 1 aromatic rings. The van der Waals surface area contributed by atoms with Gasteiger partial charge in [-0.15, -0.1) is 0 Å². The Bertz CT molecular complexity index is 612. The zero-order valence-electron chi connectivity index (χ0n) is 10.9. The number of imide groups is 1. The highest BCUT2D eigenvalue weighted by atomic mass is 35.5. The number of carbonyl (C=O) groups is 3. The Kier molecular flexibility index (Phi) is 3.43. The van der Waals surface area contributed by atoms with Crippen molar-refractivity contribution in [1.82, 2.24) is 10.2 Å². The number of carbonyl (C=O) groups excluding carboxylic acids is 3. The van der Waals surface area contributed by atoms with E-state index in [0.29, 0.717) is 0 Å². The van der Waals surface area contributed by atoms with Gasteiger partial charge in [-0.3, -0.25) is 19.7 Å². The third-order valence-electron chi connectivity index (χ3n) is 3.22. The molecule has 0 aromatic heterocycles. The number of amides is 3. The summed E-state index contributed by atoms with van der Waals surface area (Å²) in [7, 11) is 0. The summed E-state index contributed by atoms with van der Waals surface area (Å²) in [4.78, 5) is 36.8. The number of halogens is 1. The molecule has 7 heteroatoms. The Hall–Kier alpha value is -2.08. The fourth-order valence-electron chi connectivity index (χ4n) is 1.93. The fourth-order valence-corrected chi connectivity index (χ4v) is 2.11. The second kappa shape index (κ2) is 4.79. The molecule has 0 spiro atoms. The molecule has 0 unspecified atom stereocenters. The highest BCUT2D eigenvalue weighted by molar-refractivity contribution is 6.31. The van der Waals surface area contributed by atoms with Gasteiger partial charge >= 0.3 is 0 Å². The van der Waals surface area contributed by atoms with E-state index in [-0.39, 0.29) is 22.9 Å². The summed E-state index contributed by atoms with van der Waals surface area (Å²) >= 11 is 5.80. The van der Waals surface area contributed by atoms with Gasteiger partial charge in [-0.05, 0) is 32.0 Å². The van der Waals surface area contributed by atoms with E-state index in [1.54, 1.807) is 0 Å². The van der Waals surface area contributed by atoms with Crippen molar-refractivity contribution in [3.05, 3.63) is 28.8 Å². The standard InChI is InChI=1S/C13H13ClN2O4/c1-13(2)12(20)15-10(18)6-16(13)11(19)8-5-7(14)3-4-9(8)17/h3-5,17H,6H2,1-2H3,(H,15,18,20). The van der Waals surface area contributed by atoms with Gasteiger partial charge in [-0.25, -0.2) is 0 Å². The van der Waals surface area contributed by atoms with Crippen LogP contribution in [0.1, 0.15) is 24.2 Å². The molecule has 20 heavy (non-hydrogen) atoms. The first-order chi connectivity index (χ1) is 9.23. The molecule has 0 saturated carbocycles. The van der Waals surface area contributed by atoms with Crippen LogP contribution in [0.25, 0.3) is 0 Å². The van der Waals surface area contributed by atoms with Crippen LogP contribution in [0, 0.1) is 0 Å². The monoisotopic (exact) mass is 296 g/mol. The minimum absolute atomic E-state index is 0.0481. The first-order valence-electron chi connectivity index (χ1n) is 5.88. The van der Waals surface area contributed by atoms with E-state index in [2.05, 4.69) is 5.32 Å². The minimum atomic E-state index is -1.19. The largest absolute Gasteiger partial charge is 0.507 e. The van der Waals surface area contributed by atoms with Crippen molar-refractivity contribution in [1.29, 1.82) is 0 Å². The van der Waals surface area contributed by atoms with Gasteiger partial charge < -0.3 is 10.0 Å². The van der Waals surface area contributed by atoms with Gasteiger partial charge in [0.05, 0.1) is 5.56 Å². The number of aromatic hydroxyl groups is 1. The number of hydrogen-bond acceptors (Lipinski definition) is 4. The number of hydrogen-bond donors (Lipinski definition) is 2. The van der Waals surface area contributed by atoms with Crippen molar-refractivity contribution in [3.8, 4) is 5.75 Å². The molecule has 0 atom stereocenters. The van der Waals surface area contributed by atoms with Crippen LogP contribution in [-0.4, -0.2) is 39.8 Å². The van der Waals surface area contributed by atoms with E-state index in [1.807, 2.05) is 0 Å². The Morgan fingerprint density at radius 2 is 2.05 bits per heavy atom. The predicted molar refractivity (Wildman–Crippen MR) is 71.4 cm³/mol. The third kappa shape index (κ3) is 2.34. The van der Waals surface area contributed by atoms with E-state index in [4.69, 9.17) is 11.6 Å². The normalized spacial score (nSPS) is 17.9. The molecule has 0 radical (unpaired) electrons. The molecule has 0 aliphatic carbocycles. The SMILES string of the molecule is CC1(C)C(=O)NC(=O)CN1C(=O)c1cc(Cl)ccc1O. The first kappa shape index (κ1) is 14.3. The number of nitrogens with zero attached hydrogens (tertiary/aromatic N) is 1. The van der Waals surface area contributed by atoms with Gasteiger partial charge in [0.1, 0.15) is 17.8 Å². The predicted octanol–water partition coefficient (Wildman–Crippen LogP) is 0.923. The van der Waals surface area contributed by atoms with Crippen LogP contribution in [0.5, 0.6) is 5.75 Å². The Morgan fingerprint density at radius 1 is 1.40 bits per heavy atom. The van der Waals surface area contributed by atoms with Crippen molar-refractivity contribution in [2.24, 2.45) is 0 Å². The molecular weight excluding hydrogens is 284 g/mol. The first-order valence-corrected chi connectivity index (χ1v) is 6.26. The lowest BCUT2D eigenvalue weighted by atomic mass is 9.97. The maximum atomic E-state index is 12.5. The molecule has 1 heterocycles. The summed E-state index contributed by atoms with van der Waals surface area (Å²) in [6, 6.07) is 4.02. The molecule has 1 fully saturated rings. The fraction of sp³-hybridized carbons (Fsp3) is 0.308. The maximum Gasteiger partial charge on any atom is 0.259 e. The number of piperazine rings is 1. The summed E-state index contributed by atoms with van der Waals surface area (Å²) in [6.07, 6.45) is 0. The maximum absolute atomic E-state index is 12.5. The molecule has 6 nitrogen and oxygen atoms in total. The Labute approximate surface area is 120 Å². The lowest BCUT2D eigenvalue weighted by Gasteiger charge is -2.40. The van der Waals surface area contributed by atoms with Gasteiger partial charge in [-0.2, -0.15) is 0 Å². The van der Waals surface area contributed by atoms with Crippen LogP contribution in [0.2, 0.25) is 5.02 Å². The summed E-state index contributed by atoms with van der Waals surface area (Å²) < 4.78 is 0. The van der Waals surface area contributed by atoms with Gasteiger partial charge in [0, 0.05) is 5.02 Å². The van der Waals surface area contributed by atoms with Gasteiger partial charge in [0.15, 0.2) is 0 Å². The quantitative estimate of drug-likeness (QED) is 0.755. The van der Waals surface area contributed by atoms with Crippen molar-refractivity contribution < 1.29 is 19.5 Å². The van der Waals surface area contributed by atoms with Gasteiger partial charge in [0.2, 0.25) is 5.91 Å². The number of phenols is 1. The third-order valence-corrected chi connectivity index (χ3v) is 3.45. The van der Waals surface area contributed by atoms with E-state index >= 15 is 0 Å². The van der Waals surface area contributed by atoms with Crippen LogP contribution in [0.3, 0.4) is 0 Å². The zero-order chi connectivity index (χ0) is 15.1. The van der Waals surface area contributed by atoms with E-state index in [1.165, 1.54) is 32.0 Å². The van der Waals surface area contributed by atoms with Gasteiger partial charge in [-0.1, -0.05) is 11.6 Å². The Balaban J connectivity index is 2.43. The van der Waals surface area contributed by atoms with Crippen LogP contribution < -0.4 is 5.32 Å². The molecular formula is C13H13ClN2O4. The van der Waals surface area contributed by atoms with Crippen LogP contribution in [0.4, 0.5) is 0 Å². The Morgan fingerprint density at radius 3 is 2.70 bits per heavy atom. The summed E-state index contributed by atoms with van der Waals surface area (Å²) in [5.41, 5.74) is -1.24. The second-order valence-corrected chi connectivity index (χ2v) is 5.43. The number of nitrogens with one attached hydrogen (secondary N) is 1. The van der Waals surface area contributed by atoms with Gasteiger partial charge in [0.25, 0.3) is 11.8 Å². The highest BCUT2D eigenvalue weighted by Crippen LogP contribution is 2.27. The molecule has 1 aromatic carbocycles.